The maximum atomic E-state index is 13.3. The fourth-order valence-corrected chi connectivity index (χ4v) is 2.17. The molecule has 24 heavy (non-hydrogen) atoms. The Morgan fingerprint density at radius 2 is 2.12 bits per heavy atom. The van der Waals surface area contributed by atoms with Crippen LogP contribution in [0, 0.1) is 0 Å². The number of amides is 2. The summed E-state index contributed by atoms with van der Waals surface area (Å²) in [7, 11) is 0. The summed E-state index contributed by atoms with van der Waals surface area (Å²) in [6.45, 7) is -0.00441. The molecule has 1 saturated heterocycles. The number of anilines is 2. The Labute approximate surface area is 135 Å². The molecule has 0 aliphatic carbocycles. The third kappa shape index (κ3) is 4.02. The van der Waals surface area contributed by atoms with Gasteiger partial charge < -0.3 is 26.4 Å². The van der Waals surface area contributed by atoms with Crippen molar-refractivity contribution in [1.82, 2.24) is 0 Å². The topological polar surface area (TPSA) is 111 Å². The lowest BCUT2D eigenvalue weighted by Crippen LogP contribution is -2.42. The van der Waals surface area contributed by atoms with Crippen LogP contribution in [-0.2, 0) is 20.5 Å². The number of halogens is 3. The number of nitrogens with one attached hydrogen (secondary N) is 1. The number of rotatable bonds is 4. The van der Waals surface area contributed by atoms with Gasteiger partial charge in [0.15, 0.2) is 0 Å². The van der Waals surface area contributed by atoms with Crippen molar-refractivity contribution in [3.8, 4) is 0 Å². The summed E-state index contributed by atoms with van der Waals surface area (Å²) in [6.07, 6.45) is -4.72. The van der Waals surface area contributed by atoms with E-state index in [1.807, 2.05) is 0 Å². The van der Waals surface area contributed by atoms with Crippen LogP contribution in [0.3, 0.4) is 0 Å². The first-order valence-electron chi connectivity index (χ1n) is 7.10. The van der Waals surface area contributed by atoms with Gasteiger partial charge in [0.1, 0.15) is 6.61 Å². The van der Waals surface area contributed by atoms with Crippen LogP contribution in [0.1, 0.15) is 5.56 Å². The zero-order chi connectivity index (χ0) is 17.9. The zero-order valence-corrected chi connectivity index (χ0v) is 12.6. The second-order valence-electron chi connectivity index (χ2n) is 5.16. The van der Waals surface area contributed by atoms with E-state index in [0.29, 0.717) is 0 Å². The molecule has 5 N–H and O–H groups in total. The van der Waals surface area contributed by atoms with Crippen molar-refractivity contribution in [1.29, 1.82) is 0 Å². The van der Waals surface area contributed by atoms with Gasteiger partial charge in [-0.1, -0.05) is 0 Å². The Hall–Kier alpha value is -2.17. The number of carbonyl (C=O) groups is 2. The number of ether oxygens (including phenoxy) is 1. The van der Waals surface area contributed by atoms with E-state index >= 15 is 0 Å². The van der Waals surface area contributed by atoms with Crippen LogP contribution >= 0.6 is 0 Å². The number of hydrogen-bond donors (Lipinski definition) is 3. The van der Waals surface area contributed by atoms with Crippen LogP contribution in [0.2, 0.25) is 0 Å². The van der Waals surface area contributed by atoms with Crippen LogP contribution in [0.4, 0.5) is 24.5 Å². The van der Waals surface area contributed by atoms with Crippen LogP contribution in [0.5, 0.6) is 0 Å². The summed E-state index contributed by atoms with van der Waals surface area (Å²) < 4.78 is 44.8. The molecular formula is C14H17F3N4O3. The van der Waals surface area contributed by atoms with Gasteiger partial charge in [0.25, 0.3) is 5.91 Å². The van der Waals surface area contributed by atoms with Gasteiger partial charge in [-0.15, -0.1) is 0 Å². The second-order valence-corrected chi connectivity index (χ2v) is 5.16. The van der Waals surface area contributed by atoms with Gasteiger partial charge >= 0.3 is 6.18 Å². The third-order valence-corrected chi connectivity index (χ3v) is 3.45. The average Bonchev–Trinajstić information content (AvgIpc) is 2.54. The highest BCUT2D eigenvalue weighted by molar-refractivity contribution is 5.97. The quantitative estimate of drug-likeness (QED) is 0.726. The molecule has 2 amide bonds. The summed E-state index contributed by atoms with van der Waals surface area (Å²) in [5, 5.41) is 2.12. The number of nitrogens with two attached hydrogens (primary N) is 2. The molecule has 0 bridgehead atoms. The van der Waals surface area contributed by atoms with Crippen molar-refractivity contribution in [3.63, 3.8) is 0 Å². The van der Waals surface area contributed by atoms with E-state index in [2.05, 4.69) is 5.32 Å². The average molecular weight is 346 g/mol. The SMILES string of the molecule is NC[C@@H](N)C(=O)Nc1ccc(N2CCOCC2=O)cc1C(F)(F)F. The van der Waals surface area contributed by atoms with Crippen molar-refractivity contribution >= 4 is 23.2 Å². The fourth-order valence-electron chi connectivity index (χ4n) is 2.17. The number of hydrogen-bond acceptors (Lipinski definition) is 5. The zero-order valence-electron chi connectivity index (χ0n) is 12.6. The minimum absolute atomic E-state index is 0.0803. The molecule has 1 aromatic rings. The highest BCUT2D eigenvalue weighted by Gasteiger charge is 2.35. The van der Waals surface area contributed by atoms with E-state index in [1.54, 1.807) is 0 Å². The summed E-state index contributed by atoms with van der Waals surface area (Å²) in [6, 6.07) is 2.10. The van der Waals surface area contributed by atoms with Crippen LogP contribution in [-0.4, -0.2) is 44.2 Å². The van der Waals surface area contributed by atoms with Crippen LogP contribution < -0.4 is 21.7 Å². The lowest BCUT2D eigenvalue weighted by atomic mass is 10.1. The standard InChI is InChI=1S/C14H17F3N4O3/c15-14(16,17)9-5-8(21-3-4-24-7-12(21)22)1-2-11(9)20-13(23)10(19)6-18/h1-2,5,10H,3-4,6-7,18-19H2,(H,20,23)/t10-/m1/s1. The molecule has 0 spiro atoms. The normalized spacial score (nSPS) is 16.9. The van der Waals surface area contributed by atoms with Crippen LogP contribution in [0.25, 0.3) is 0 Å². The molecule has 7 nitrogen and oxygen atoms in total. The van der Waals surface area contributed by atoms with Gasteiger partial charge in [0.2, 0.25) is 5.91 Å². The maximum absolute atomic E-state index is 13.3. The first-order chi connectivity index (χ1) is 11.2. The first kappa shape index (κ1) is 18.2. The third-order valence-electron chi connectivity index (χ3n) is 3.45. The van der Waals surface area contributed by atoms with Crippen molar-refractivity contribution in [2.45, 2.75) is 12.2 Å². The molecule has 1 aromatic carbocycles. The van der Waals surface area contributed by atoms with Gasteiger partial charge in [-0.2, -0.15) is 13.2 Å². The van der Waals surface area contributed by atoms with E-state index in [9.17, 15) is 22.8 Å². The van der Waals surface area contributed by atoms with Crippen molar-refractivity contribution in [2.75, 3.05) is 36.5 Å². The second kappa shape index (κ2) is 7.16. The van der Waals surface area contributed by atoms with Gasteiger partial charge in [-0.25, -0.2) is 0 Å². The predicted octanol–water partition coefficient (Wildman–Crippen LogP) is 0.293. The molecule has 1 fully saturated rings. The fraction of sp³-hybridized carbons (Fsp3) is 0.429. The number of benzene rings is 1. The van der Waals surface area contributed by atoms with Gasteiger partial charge in [-0.3, -0.25) is 9.59 Å². The van der Waals surface area contributed by atoms with E-state index in [1.165, 1.54) is 11.0 Å². The maximum Gasteiger partial charge on any atom is 0.418 e. The molecule has 0 saturated carbocycles. The smallest absolute Gasteiger partial charge is 0.370 e. The minimum atomic E-state index is -4.72. The summed E-state index contributed by atoms with van der Waals surface area (Å²) in [5.74, 6) is -1.26. The van der Waals surface area contributed by atoms with Gasteiger partial charge in [0.05, 0.1) is 23.9 Å². The lowest BCUT2D eigenvalue weighted by molar-refractivity contribution is -0.137. The molecule has 10 heteroatoms. The monoisotopic (exact) mass is 346 g/mol. The molecule has 0 aromatic heterocycles. The Morgan fingerprint density at radius 1 is 1.42 bits per heavy atom. The number of alkyl halides is 3. The van der Waals surface area contributed by atoms with Gasteiger partial charge in [0, 0.05) is 18.8 Å². The van der Waals surface area contributed by atoms with E-state index in [4.69, 9.17) is 16.2 Å². The molecule has 0 radical (unpaired) electrons. The van der Waals surface area contributed by atoms with E-state index in [-0.39, 0.29) is 32.0 Å². The van der Waals surface area contributed by atoms with E-state index < -0.39 is 35.3 Å². The Morgan fingerprint density at radius 3 is 2.71 bits per heavy atom. The predicted molar refractivity (Wildman–Crippen MR) is 80.3 cm³/mol. The summed E-state index contributed by atoms with van der Waals surface area (Å²) >= 11 is 0. The molecule has 132 valence electrons. The Balaban J connectivity index is 2.35. The number of carbonyl (C=O) groups excluding carboxylic acids is 2. The van der Waals surface area contributed by atoms with E-state index in [0.717, 1.165) is 12.1 Å². The summed E-state index contributed by atoms with van der Waals surface area (Å²) in [5.41, 5.74) is 9.19. The Kier molecular flexibility index (Phi) is 5.42. The van der Waals surface area contributed by atoms with Gasteiger partial charge in [-0.05, 0) is 18.2 Å². The highest BCUT2D eigenvalue weighted by atomic mass is 19.4. The minimum Gasteiger partial charge on any atom is -0.370 e. The molecule has 2 rings (SSSR count). The largest absolute Gasteiger partial charge is 0.418 e. The Bertz CT molecular complexity index is 636. The van der Waals surface area contributed by atoms with Crippen molar-refractivity contribution in [2.24, 2.45) is 11.5 Å². The van der Waals surface area contributed by atoms with Crippen LogP contribution in [0.15, 0.2) is 18.2 Å². The lowest BCUT2D eigenvalue weighted by Gasteiger charge is -2.28. The first-order valence-corrected chi connectivity index (χ1v) is 7.10. The molecule has 1 atom stereocenters. The molecule has 1 aliphatic heterocycles. The number of nitrogens with zero attached hydrogens (tertiary/aromatic N) is 1. The number of morpholine rings is 1. The molecule has 1 heterocycles. The van der Waals surface area contributed by atoms with Crippen molar-refractivity contribution in [3.05, 3.63) is 23.8 Å². The molecular weight excluding hydrogens is 329 g/mol. The summed E-state index contributed by atoms with van der Waals surface area (Å²) in [4.78, 5) is 24.7. The van der Waals surface area contributed by atoms with Crippen molar-refractivity contribution < 1.29 is 27.5 Å². The molecule has 1 aliphatic rings. The highest BCUT2D eigenvalue weighted by Crippen LogP contribution is 2.37. The molecule has 0 unspecified atom stereocenters.